The average Bonchev–Trinajstić information content (AvgIpc) is 2.17. The van der Waals surface area contributed by atoms with Gasteiger partial charge in [0.15, 0.2) is 0 Å². The molecule has 0 bridgehead atoms. The molecule has 76 valence electrons. The maximum Gasteiger partial charge on any atom is 0.277 e. The quantitative estimate of drug-likeness (QED) is 0.458. The fraction of sp³-hybridized carbons (Fsp3) is 0. The minimum atomic E-state index is -0.439. The molecule has 1 aromatic carbocycles. The van der Waals surface area contributed by atoms with Crippen LogP contribution < -0.4 is 0 Å². The molecule has 4 nitrogen and oxygen atoms in total. The number of fused-ring (bicyclic) bond motifs is 1. The van der Waals surface area contributed by atoms with Gasteiger partial charge in [-0.05, 0) is 12.1 Å². The molecular weight excluding hydrogens is 283 g/mol. The van der Waals surface area contributed by atoms with Crippen LogP contribution in [0.4, 0.5) is 5.69 Å². The molecule has 0 atom stereocenters. The summed E-state index contributed by atoms with van der Waals surface area (Å²) in [6.07, 6.45) is 1.51. The standard InChI is InChI=1S/C9H4BrClN2O2/c10-7-1-2-8(13(14)15)5-3-9(11)12-4-6(5)7/h1-4H. The predicted molar refractivity (Wildman–Crippen MR) is 61.1 cm³/mol. The molecule has 0 unspecified atom stereocenters. The molecule has 0 saturated heterocycles. The first kappa shape index (κ1) is 10.3. The van der Waals surface area contributed by atoms with Crippen molar-refractivity contribution in [3.05, 3.63) is 44.1 Å². The highest BCUT2D eigenvalue weighted by Gasteiger charge is 2.13. The Hall–Kier alpha value is -1.20. The van der Waals surface area contributed by atoms with E-state index in [1.165, 1.54) is 18.3 Å². The molecule has 1 heterocycles. The number of nitro groups is 1. The van der Waals surface area contributed by atoms with Crippen molar-refractivity contribution in [2.24, 2.45) is 0 Å². The number of non-ortho nitro benzene ring substituents is 1. The van der Waals surface area contributed by atoms with Gasteiger partial charge in [-0.15, -0.1) is 0 Å². The first-order valence-electron chi connectivity index (χ1n) is 3.98. The van der Waals surface area contributed by atoms with Gasteiger partial charge in [-0.2, -0.15) is 0 Å². The van der Waals surface area contributed by atoms with Crippen molar-refractivity contribution in [3.63, 3.8) is 0 Å². The molecule has 0 saturated carbocycles. The first-order valence-corrected chi connectivity index (χ1v) is 5.15. The molecular formula is C9H4BrClN2O2. The number of pyridine rings is 1. The van der Waals surface area contributed by atoms with Crippen LogP contribution in [0.3, 0.4) is 0 Å². The minimum absolute atomic E-state index is 0.0255. The molecule has 0 aliphatic rings. The number of nitrogens with zero attached hydrogens (tertiary/aromatic N) is 2. The SMILES string of the molecule is O=[N+]([O-])c1ccc(Br)c2cnc(Cl)cc12. The number of hydrogen-bond acceptors (Lipinski definition) is 3. The molecule has 15 heavy (non-hydrogen) atoms. The number of aromatic nitrogens is 1. The van der Waals surface area contributed by atoms with E-state index in [-0.39, 0.29) is 10.8 Å². The van der Waals surface area contributed by atoms with E-state index >= 15 is 0 Å². The van der Waals surface area contributed by atoms with E-state index in [0.717, 1.165) is 4.47 Å². The van der Waals surface area contributed by atoms with Crippen LogP contribution in [-0.2, 0) is 0 Å². The third-order valence-electron chi connectivity index (χ3n) is 1.99. The molecule has 0 spiro atoms. The van der Waals surface area contributed by atoms with Gasteiger partial charge in [-0.25, -0.2) is 4.98 Å². The van der Waals surface area contributed by atoms with Crippen molar-refractivity contribution >= 4 is 44.0 Å². The van der Waals surface area contributed by atoms with Crippen LogP contribution in [0.2, 0.25) is 5.15 Å². The third-order valence-corrected chi connectivity index (χ3v) is 2.89. The Morgan fingerprint density at radius 3 is 2.80 bits per heavy atom. The molecule has 6 heteroatoms. The number of benzene rings is 1. The molecule has 0 N–H and O–H groups in total. The van der Waals surface area contributed by atoms with Gasteiger partial charge in [0, 0.05) is 22.1 Å². The summed E-state index contributed by atoms with van der Waals surface area (Å²) in [6.45, 7) is 0. The smallest absolute Gasteiger partial charge is 0.258 e. The average molecular weight is 288 g/mol. The van der Waals surface area contributed by atoms with Gasteiger partial charge in [0.05, 0.1) is 10.3 Å². The molecule has 0 radical (unpaired) electrons. The highest BCUT2D eigenvalue weighted by molar-refractivity contribution is 9.10. The van der Waals surface area contributed by atoms with Crippen molar-refractivity contribution in [1.29, 1.82) is 0 Å². The van der Waals surface area contributed by atoms with Crippen LogP contribution in [0.5, 0.6) is 0 Å². The summed E-state index contributed by atoms with van der Waals surface area (Å²) >= 11 is 9.00. The van der Waals surface area contributed by atoms with E-state index in [4.69, 9.17) is 11.6 Å². The van der Waals surface area contributed by atoms with Crippen molar-refractivity contribution in [2.75, 3.05) is 0 Å². The van der Waals surface area contributed by atoms with Gasteiger partial charge in [-0.3, -0.25) is 10.1 Å². The van der Waals surface area contributed by atoms with Crippen LogP contribution in [0.15, 0.2) is 28.9 Å². The van der Waals surface area contributed by atoms with Crippen molar-refractivity contribution in [1.82, 2.24) is 4.98 Å². The Morgan fingerprint density at radius 2 is 2.13 bits per heavy atom. The zero-order valence-corrected chi connectivity index (χ0v) is 9.62. The second-order valence-electron chi connectivity index (χ2n) is 2.88. The lowest BCUT2D eigenvalue weighted by molar-refractivity contribution is -0.383. The van der Waals surface area contributed by atoms with Gasteiger partial charge >= 0.3 is 0 Å². The van der Waals surface area contributed by atoms with Crippen molar-refractivity contribution in [2.45, 2.75) is 0 Å². The Labute approximate surface area is 98.2 Å². The van der Waals surface area contributed by atoms with Crippen molar-refractivity contribution < 1.29 is 4.92 Å². The largest absolute Gasteiger partial charge is 0.277 e. The normalized spacial score (nSPS) is 10.5. The second-order valence-corrected chi connectivity index (χ2v) is 4.12. The summed E-state index contributed by atoms with van der Waals surface area (Å²) in [6, 6.07) is 4.54. The fourth-order valence-corrected chi connectivity index (χ4v) is 1.93. The Bertz CT molecular complexity index is 559. The van der Waals surface area contributed by atoms with Crippen LogP contribution in [0.1, 0.15) is 0 Å². The van der Waals surface area contributed by atoms with E-state index < -0.39 is 4.92 Å². The molecule has 0 aliphatic carbocycles. The summed E-state index contributed by atoms with van der Waals surface area (Å²) in [7, 11) is 0. The van der Waals surface area contributed by atoms with Gasteiger partial charge in [0.25, 0.3) is 5.69 Å². The van der Waals surface area contributed by atoms with E-state index in [1.807, 2.05) is 0 Å². The molecule has 0 amide bonds. The van der Waals surface area contributed by atoms with Gasteiger partial charge in [0.1, 0.15) is 5.15 Å². The lowest BCUT2D eigenvalue weighted by Gasteiger charge is -2.01. The Kier molecular flexibility index (Phi) is 2.58. The summed E-state index contributed by atoms with van der Waals surface area (Å²) in [5, 5.41) is 12.2. The predicted octanol–water partition coefficient (Wildman–Crippen LogP) is 3.56. The number of rotatable bonds is 1. The Balaban J connectivity index is 2.90. The second kappa shape index (κ2) is 3.75. The van der Waals surface area contributed by atoms with Gasteiger partial charge in [0.2, 0.25) is 0 Å². The van der Waals surface area contributed by atoms with E-state index in [0.29, 0.717) is 10.8 Å². The summed E-state index contributed by atoms with van der Waals surface area (Å²) in [5.74, 6) is 0. The summed E-state index contributed by atoms with van der Waals surface area (Å²) < 4.78 is 0.757. The maximum absolute atomic E-state index is 10.8. The van der Waals surface area contributed by atoms with Crippen LogP contribution in [-0.4, -0.2) is 9.91 Å². The highest BCUT2D eigenvalue weighted by atomic mass is 79.9. The third kappa shape index (κ3) is 1.80. The van der Waals surface area contributed by atoms with E-state index in [2.05, 4.69) is 20.9 Å². The lowest BCUT2D eigenvalue weighted by Crippen LogP contribution is -1.90. The van der Waals surface area contributed by atoms with E-state index in [9.17, 15) is 10.1 Å². The number of nitro benzene ring substituents is 1. The van der Waals surface area contributed by atoms with Crippen LogP contribution in [0, 0.1) is 10.1 Å². The van der Waals surface area contributed by atoms with Crippen LogP contribution in [0.25, 0.3) is 10.8 Å². The van der Waals surface area contributed by atoms with Gasteiger partial charge < -0.3 is 0 Å². The first-order chi connectivity index (χ1) is 7.09. The zero-order valence-electron chi connectivity index (χ0n) is 7.28. The zero-order chi connectivity index (χ0) is 11.0. The molecule has 0 aliphatic heterocycles. The monoisotopic (exact) mass is 286 g/mol. The maximum atomic E-state index is 10.8. The van der Waals surface area contributed by atoms with Crippen LogP contribution >= 0.6 is 27.5 Å². The number of halogens is 2. The summed E-state index contributed by atoms with van der Waals surface area (Å²) in [5.41, 5.74) is 0.0255. The number of hydrogen-bond donors (Lipinski definition) is 0. The fourth-order valence-electron chi connectivity index (χ4n) is 1.32. The lowest BCUT2D eigenvalue weighted by atomic mass is 10.1. The topological polar surface area (TPSA) is 56.0 Å². The molecule has 1 aromatic heterocycles. The van der Waals surface area contributed by atoms with E-state index in [1.54, 1.807) is 6.07 Å². The molecule has 2 rings (SSSR count). The summed E-state index contributed by atoms with van der Waals surface area (Å²) in [4.78, 5) is 14.2. The highest BCUT2D eigenvalue weighted by Crippen LogP contribution is 2.32. The Morgan fingerprint density at radius 1 is 1.40 bits per heavy atom. The van der Waals surface area contributed by atoms with Crippen molar-refractivity contribution in [3.8, 4) is 0 Å². The van der Waals surface area contributed by atoms with Gasteiger partial charge in [-0.1, -0.05) is 27.5 Å². The minimum Gasteiger partial charge on any atom is -0.258 e. The molecule has 2 aromatic rings. The molecule has 0 fully saturated rings.